The maximum Gasteiger partial charge on any atom is 0.326 e. The van der Waals surface area contributed by atoms with E-state index in [4.69, 9.17) is 0 Å². The van der Waals surface area contributed by atoms with Crippen LogP contribution in [-0.2, 0) is 20.8 Å². The Hall–Kier alpha value is -1.82. The number of rotatable bonds is 10. The van der Waals surface area contributed by atoms with Gasteiger partial charge in [-0.1, -0.05) is 69.8 Å². The lowest BCUT2D eigenvalue weighted by molar-refractivity contribution is -0.143. The first-order chi connectivity index (χ1) is 13.0. The van der Waals surface area contributed by atoms with Gasteiger partial charge in [0.25, 0.3) is 0 Å². The molecule has 0 bridgehead atoms. The SMILES string of the molecule is CC(=O)SC[C@@H](Cc1ccccc1)C(=O)N[C@@H](CC(C)CC(C)(C)C)C(=O)O. The van der Waals surface area contributed by atoms with Crippen molar-refractivity contribution in [2.75, 3.05) is 5.75 Å². The number of carboxylic acids is 1. The second-order valence-electron chi connectivity index (χ2n) is 8.69. The van der Waals surface area contributed by atoms with Crippen molar-refractivity contribution in [3.63, 3.8) is 0 Å². The molecule has 0 heterocycles. The zero-order chi connectivity index (χ0) is 21.3. The summed E-state index contributed by atoms with van der Waals surface area (Å²) in [6.07, 6.45) is 1.73. The van der Waals surface area contributed by atoms with Crippen LogP contribution in [0.4, 0.5) is 0 Å². The minimum absolute atomic E-state index is 0.0561. The van der Waals surface area contributed by atoms with E-state index >= 15 is 0 Å². The second kappa shape index (κ2) is 11.2. The van der Waals surface area contributed by atoms with Crippen LogP contribution in [0.15, 0.2) is 30.3 Å². The Balaban J connectivity index is 2.83. The molecule has 1 aromatic carbocycles. The third kappa shape index (κ3) is 9.93. The quantitative estimate of drug-likeness (QED) is 0.608. The van der Waals surface area contributed by atoms with E-state index in [1.165, 1.54) is 6.92 Å². The normalized spacial score (nSPS) is 14.8. The predicted octanol–water partition coefficient (Wildman–Crippen LogP) is 4.16. The van der Waals surface area contributed by atoms with Crippen LogP contribution in [0.5, 0.6) is 0 Å². The zero-order valence-electron chi connectivity index (χ0n) is 17.5. The molecular weight excluding hydrogens is 374 g/mol. The molecule has 1 amide bonds. The molecule has 0 aromatic heterocycles. The number of nitrogens with one attached hydrogen (secondary N) is 1. The van der Waals surface area contributed by atoms with Crippen molar-refractivity contribution in [2.45, 2.75) is 59.9 Å². The number of carbonyl (C=O) groups is 3. The van der Waals surface area contributed by atoms with E-state index in [1.54, 1.807) is 0 Å². The fourth-order valence-electron chi connectivity index (χ4n) is 3.39. The number of carbonyl (C=O) groups excluding carboxylic acids is 2. The highest BCUT2D eigenvalue weighted by molar-refractivity contribution is 8.13. The van der Waals surface area contributed by atoms with Crippen LogP contribution in [0.3, 0.4) is 0 Å². The maximum absolute atomic E-state index is 12.8. The van der Waals surface area contributed by atoms with Crippen LogP contribution in [0.25, 0.3) is 0 Å². The fraction of sp³-hybridized carbons (Fsp3) is 0.591. The minimum atomic E-state index is -1.02. The Morgan fingerprint density at radius 2 is 1.75 bits per heavy atom. The number of hydrogen-bond donors (Lipinski definition) is 2. The first-order valence-corrected chi connectivity index (χ1v) is 10.7. The Morgan fingerprint density at radius 1 is 1.14 bits per heavy atom. The minimum Gasteiger partial charge on any atom is -0.480 e. The van der Waals surface area contributed by atoms with E-state index in [2.05, 4.69) is 26.1 Å². The van der Waals surface area contributed by atoms with Gasteiger partial charge in [0.2, 0.25) is 5.91 Å². The molecule has 1 aromatic rings. The first-order valence-electron chi connectivity index (χ1n) is 9.68. The van der Waals surface area contributed by atoms with Gasteiger partial charge in [0, 0.05) is 12.7 Å². The largest absolute Gasteiger partial charge is 0.480 e. The molecule has 28 heavy (non-hydrogen) atoms. The molecular formula is C22H33NO4S. The number of amides is 1. The van der Waals surface area contributed by atoms with Crippen molar-refractivity contribution in [2.24, 2.45) is 17.3 Å². The van der Waals surface area contributed by atoms with Crippen LogP contribution in [0, 0.1) is 17.3 Å². The van der Waals surface area contributed by atoms with E-state index < -0.39 is 17.9 Å². The average molecular weight is 408 g/mol. The second-order valence-corrected chi connectivity index (χ2v) is 9.89. The molecule has 2 N–H and O–H groups in total. The molecule has 0 aliphatic heterocycles. The molecule has 6 heteroatoms. The first kappa shape index (κ1) is 24.2. The van der Waals surface area contributed by atoms with Gasteiger partial charge in [0.05, 0.1) is 5.92 Å². The van der Waals surface area contributed by atoms with Crippen molar-refractivity contribution in [1.29, 1.82) is 0 Å². The molecule has 0 saturated heterocycles. The summed E-state index contributed by atoms with van der Waals surface area (Å²) in [5, 5.41) is 12.2. The van der Waals surface area contributed by atoms with Gasteiger partial charge in [-0.3, -0.25) is 9.59 Å². The maximum atomic E-state index is 12.8. The molecule has 0 aliphatic carbocycles. The highest BCUT2D eigenvalue weighted by Crippen LogP contribution is 2.27. The van der Waals surface area contributed by atoms with Crippen LogP contribution in [0.1, 0.15) is 53.0 Å². The van der Waals surface area contributed by atoms with Gasteiger partial charge in [0.1, 0.15) is 6.04 Å². The molecule has 0 radical (unpaired) electrons. The highest BCUT2D eigenvalue weighted by atomic mass is 32.2. The van der Waals surface area contributed by atoms with Crippen molar-refractivity contribution in [3.8, 4) is 0 Å². The summed E-state index contributed by atoms with van der Waals surface area (Å²) in [7, 11) is 0. The summed E-state index contributed by atoms with van der Waals surface area (Å²) in [5.41, 5.74) is 1.08. The molecule has 0 aliphatic rings. The zero-order valence-corrected chi connectivity index (χ0v) is 18.3. The Bertz CT molecular complexity index is 654. The van der Waals surface area contributed by atoms with E-state index in [1.807, 2.05) is 37.3 Å². The Labute approximate surface area is 172 Å². The molecule has 156 valence electrons. The lowest BCUT2D eigenvalue weighted by Crippen LogP contribution is -2.45. The molecule has 3 atom stereocenters. The fourth-order valence-corrected chi connectivity index (χ4v) is 4.09. The summed E-state index contributed by atoms with van der Waals surface area (Å²) in [4.78, 5) is 35.9. The van der Waals surface area contributed by atoms with Gasteiger partial charge in [-0.2, -0.15) is 0 Å². The average Bonchev–Trinajstić information content (AvgIpc) is 2.56. The highest BCUT2D eigenvalue weighted by Gasteiger charge is 2.28. The third-order valence-electron chi connectivity index (χ3n) is 4.40. The summed E-state index contributed by atoms with van der Waals surface area (Å²) in [6, 6.07) is 8.63. The molecule has 0 fully saturated rings. The smallest absolute Gasteiger partial charge is 0.326 e. The van der Waals surface area contributed by atoms with Crippen molar-refractivity contribution in [3.05, 3.63) is 35.9 Å². The van der Waals surface area contributed by atoms with Crippen LogP contribution in [-0.4, -0.2) is 33.9 Å². The van der Waals surface area contributed by atoms with Crippen LogP contribution in [0.2, 0.25) is 0 Å². The van der Waals surface area contributed by atoms with Gasteiger partial charge in [-0.15, -0.1) is 0 Å². The number of thioether (sulfide) groups is 1. The van der Waals surface area contributed by atoms with Gasteiger partial charge >= 0.3 is 5.97 Å². The van der Waals surface area contributed by atoms with Crippen molar-refractivity contribution < 1.29 is 19.5 Å². The molecule has 5 nitrogen and oxygen atoms in total. The van der Waals surface area contributed by atoms with Crippen molar-refractivity contribution in [1.82, 2.24) is 5.32 Å². The lowest BCUT2D eigenvalue weighted by Gasteiger charge is -2.26. The molecule has 1 unspecified atom stereocenters. The standard InChI is InChI=1S/C22H33NO4S/c1-15(13-22(3,4)5)11-19(21(26)27)23-20(25)18(14-28-16(2)24)12-17-9-7-6-8-10-17/h6-10,15,18-19H,11-14H2,1-5H3,(H,23,25)(H,26,27)/t15?,18-,19+/m1/s1. The van der Waals surface area contributed by atoms with Crippen LogP contribution >= 0.6 is 11.8 Å². The van der Waals surface area contributed by atoms with E-state index in [0.29, 0.717) is 18.6 Å². The Kier molecular flexibility index (Phi) is 9.73. The number of hydrogen-bond acceptors (Lipinski definition) is 4. The number of aliphatic carboxylic acids is 1. The Morgan fingerprint density at radius 3 is 2.25 bits per heavy atom. The van der Waals surface area contributed by atoms with E-state index in [-0.39, 0.29) is 22.4 Å². The number of carboxylic acid groups (broad SMARTS) is 1. The van der Waals surface area contributed by atoms with Gasteiger partial charge in [-0.25, -0.2) is 4.79 Å². The van der Waals surface area contributed by atoms with E-state index in [9.17, 15) is 19.5 Å². The summed E-state index contributed by atoms with van der Waals surface area (Å²) in [5.74, 6) is -1.30. The van der Waals surface area contributed by atoms with Crippen LogP contribution < -0.4 is 5.32 Å². The monoisotopic (exact) mass is 407 g/mol. The predicted molar refractivity (Wildman–Crippen MR) is 114 cm³/mol. The van der Waals surface area contributed by atoms with Gasteiger partial charge in [0.15, 0.2) is 5.12 Å². The molecule has 0 saturated carbocycles. The number of benzene rings is 1. The van der Waals surface area contributed by atoms with Crippen molar-refractivity contribution >= 4 is 28.8 Å². The summed E-state index contributed by atoms with van der Waals surface area (Å²) in [6.45, 7) is 9.84. The summed E-state index contributed by atoms with van der Waals surface area (Å²) < 4.78 is 0. The molecule has 1 rings (SSSR count). The molecule has 0 spiro atoms. The van der Waals surface area contributed by atoms with Gasteiger partial charge < -0.3 is 10.4 Å². The van der Waals surface area contributed by atoms with Gasteiger partial charge in [-0.05, 0) is 36.2 Å². The lowest BCUT2D eigenvalue weighted by atomic mass is 9.83. The van der Waals surface area contributed by atoms with E-state index in [0.717, 1.165) is 23.7 Å². The topological polar surface area (TPSA) is 83.5 Å². The third-order valence-corrected chi connectivity index (χ3v) is 5.37. The summed E-state index contributed by atoms with van der Waals surface area (Å²) >= 11 is 1.10.